The fourth-order valence-electron chi connectivity index (χ4n) is 0.760. The van der Waals surface area contributed by atoms with E-state index in [0.717, 1.165) is 0 Å². The van der Waals surface area contributed by atoms with Gasteiger partial charge < -0.3 is 14.8 Å². The van der Waals surface area contributed by atoms with E-state index in [2.05, 4.69) is 4.42 Å². The number of alkyl halides is 2. The summed E-state index contributed by atoms with van der Waals surface area (Å²) in [5.74, 6) is -4.08. The Morgan fingerprint density at radius 2 is 2.36 bits per heavy atom. The molecule has 0 aromatic carbocycles. The highest BCUT2D eigenvalue weighted by Crippen LogP contribution is 2.10. The van der Waals surface area contributed by atoms with E-state index >= 15 is 0 Å². The molecule has 4 nitrogen and oxygen atoms in total. The number of halogens is 2. The SMILES string of the molecule is O=C(NCC(F)(F)CO)c1ccco1. The molecule has 1 aromatic heterocycles. The normalized spacial score (nSPS) is 11.4. The Bertz CT molecular complexity index is 298. The van der Waals surface area contributed by atoms with Gasteiger partial charge in [-0.1, -0.05) is 0 Å². The van der Waals surface area contributed by atoms with Gasteiger partial charge in [0.2, 0.25) is 0 Å². The highest BCUT2D eigenvalue weighted by atomic mass is 19.3. The van der Waals surface area contributed by atoms with Gasteiger partial charge in [0.15, 0.2) is 5.76 Å². The number of aliphatic hydroxyl groups excluding tert-OH is 1. The standard InChI is InChI=1S/C8H9F2NO3/c9-8(10,5-12)4-11-7(13)6-2-1-3-14-6/h1-3,12H,4-5H2,(H,11,13). The van der Waals surface area contributed by atoms with E-state index in [4.69, 9.17) is 5.11 Å². The lowest BCUT2D eigenvalue weighted by molar-refractivity contribution is -0.0463. The van der Waals surface area contributed by atoms with Crippen LogP contribution in [0, 0.1) is 0 Å². The first-order chi connectivity index (χ1) is 6.55. The van der Waals surface area contributed by atoms with Gasteiger partial charge in [-0.25, -0.2) is 8.78 Å². The average Bonchev–Trinajstić information content (AvgIpc) is 2.67. The van der Waals surface area contributed by atoms with Crippen molar-refractivity contribution in [1.29, 1.82) is 0 Å². The van der Waals surface area contributed by atoms with Gasteiger partial charge in [0.1, 0.15) is 6.61 Å². The maximum Gasteiger partial charge on any atom is 0.287 e. The zero-order chi connectivity index (χ0) is 10.6. The van der Waals surface area contributed by atoms with E-state index in [1.54, 1.807) is 0 Å². The number of furan rings is 1. The molecule has 0 spiro atoms. The zero-order valence-electron chi connectivity index (χ0n) is 7.17. The van der Waals surface area contributed by atoms with Gasteiger partial charge >= 0.3 is 0 Å². The molecule has 0 aliphatic rings. The highest BCUT2D eigenvalue weighted by molar-refractivity contribution is 5.91. The maximum absolute atomic E-state index is 12.5. The molecular formula is C8H9F2NO3. The molecule has 0 saturated heterocycles. The van der Waals surface area contributed by atoms with Crippen LogP contribution in [-0.4, -0.2) is 30.1 Å². The number of carbonyl (C=O) groups is 1. The minimum Gasteiger partial charge on any atom is -0.459 e. The summed E-state index contributed by atoms with van der Waals surface area (Å²) in [6.07, 6.45) is 1.26. The van der Waals surface area contributed by atoms with Crippen LogP contribution in [0.3, 0.4) is 0 Å². The molecule has 78 valence electrons. The Morgan fingerprint density at radius 3 is 2.86 bits per heavy atom. The summed E-state index contributed by atoms with van der Waals surface area (Å²) in [6.45, 7) is -2.21. The third-order valence-corrected chi connectivity index (χ3v) is 1.48. The molecule has 0 atom stereocenters. The van der Waals surface area contributed by atoms with E-state index in [9.17, 15) is 13.6 Å². The van der Waals surface area contributed by atoms with Crippen LogP contribution < -0.4 is 5.32 Å². The second-order valence-corrected chi connectivity index (χ2v) is 2.67. The number of nitrogens with one attached hydrogen (secondary N) is 1. The molecular weight excluding hydrogens is 196 g/mol. The van der Waals surface area contributed by atoms with Crippen LogP contribution in [0.4, 0.5) is 8.78 Å². The van der Waals surface area contributed by atoms with Crippen molar-refractivity contribution >= 4 is 5.91 Å². The van der Waals surface area contributed by atoms with Gasteiger partial charge in [-0.2, -0.15) is 0 Å². The van der Waals surface area contributed by atoms with Crippen LogP contribution in [0.25, 0.3) is 0 Å². The van der Waals surface area contributed by atoms with E-state index in [-0.39, 0.29) is 5.76 Å². The van der Waals surface area contributed by atoms with Gasteiger partial charge in [-0.3, -0.25) is 4.79 Å². The molecule has 0 saturated carbocycles. The lowest BCUT2D eigenvalue weighted by Gasteiger charge is -2.12. The first-order valence-electron chi connectivity index (χ1n) is 3.85. The van der Waals surface area contributed by atoms with Crippen molar-refractivity contribution in [3.63, 3.8) is 0 Å². The predicted molar refractivity (Wildman–Crippen MR) is 43.1 cm³/mol. The lowest BCUT2D eigenvalue weighted by atomic mass is 10.3. The molecule has 2 N–H and O–H groups in total. The molecule has 0 aliphatic heterocycles. The average molecular weight is 205 g/mol. The van der Waals surface area contributed by atoms with E-state index in [1.165, 1.54) is 18.4 Å². The maximum atomic E-state index is 12.5. The van der Waals surface area contributed by atoms with Crippen molar-refractivity contribution in [3.8, 4) is 0 Å². The van der Waals surface area contributed by atoms with Crippen LogP contribution >= 0.6 is 0 Å². The first-order valence-corrected chi connectivity index (χ1v) is 3.85. The van der Waals surface area contributed by atoms with Gasteiger partial charge in [0, 0.05) is 0 Å². The lowest BCUT2D eigenvalue weighted by Crippen LogP contribution is -2.38. The number of hydrogen-bond donors (Lipinski definition) is 2. The Labute approximate surface area is 78.5 Å². The largest absolute Gasteiger partial charge is 0.459 e. The predicted octanol–water partition coefficient (Wildman–Crippen LogP) is 0.637. The smallest absolute Gasteiger partial charge is 0.287 e. The van der Waals surface area contributed by atoms with E-state index in [0.29, 0.717) is 0 Å². The van der Waals surface area contributed by atoms with Crippen LogP contribution in [-0.2, 0) is 0 Å². The van der Waals surface area contributed by atoms with Gasteiger partial charge in [0.05, 0.1) is 12.8 Å². The summed E-state index contributed by atoms with van der Waals surface area (Å²) in [7, 11) is 0. The topological polar surface area (TPSA) is 62.5 Å². The van der Waals surface area contributed by atoms with Crippen LogP contribution in [0.5, 0.6) is 0 Å². The summed E-state index contributed by atoms with van der Waals surface area (Å²) >= 11 is 0. The highest BCUT2D eigenvalue weighted by Gasteiger charge is 2.28. The van der Waals surface area contributed by atoms with Crippen molar-refractivity contribution in [1.82, 2.24) is 5.32 Å². The quantitative estimate of drug-likeness (QED) is 0.758. The molecule has 6 heteroatoms. The number of rotatable bonds is 4. The Hall–Kier alpha value is -1.43. The second kappa shape index (κ2) is 4.19. The summed E-state index contributed by atoms with van der Waals surface area (Å²) in [4.78, 5) is 11.0. The van der Waals surface area contributed by atoms with E-state index < -0.39 is 25.0 Å². The Kier molecular flexibility index (Phi) is 3.19. The van der Waals surface area contributed by atoms with Gasteiger partial charge in [0.25, 0.3) is 11.8 Å². The molecule has 1 aromatic rings. The van der Waals surface area contributed by atoms with Crippen molar-refractivity contribution in [2.45, 2.75) is 5.92 Å². The van der Waals surface area contributed by atoms with Crippen molar-refractivity contribution < 1.29 is 23.1 Å². The summed E-state index contributed by atoms with van der Waals surface area (Å²) in [5.41, 5.74) is 0. The first kappa shape index (κ1) is 10.6. The molecule has 0 aliphatic carbocycles. The molecule has 0 unspecified atom stereocenters. The minimum atomic E-state index is -3.30. The van der Waals surface area contributed by atoms with Crippen molar-refractivity contribution in [2.24, 2.45) is 0 Å². The number of aliphatic hydroxyl groups is 1. The third kappa shape index (κ3) is 2.81. The van der Waals surface area contributed by atoms with Crippen molar-refractivity contribution in [3.05, 3.63) is 24.2 Å². The Balaban J connectivity index is 2.43. The van der Waals surface area contributed by atoms with Gasteiger partial charge in [-0.05, 0) is 12.1 Å². The van der Waals surface area contributed by atoms with Crippen molar-refractivity contribution in [2.75, 3.05) is 13.2 Å². The number of hydrogen-bond acceptors (Lipinski definition) is 3. The molecule has 0 bridgehead atoms. The molecule has 14 heavy (non-hydrogen) atoms. The van der Waals surface area contributed by atoms with E-state index in [1.807, 2.05) is 5.32 Å². The molecule has 1 amide bonds. The summed E-state index contributed by atoms with van der Waals surface area (Å²) in [5, 5.41) is 10.1. The molecule has 0 fully saturated rings. The molecule has 1 rings (SSSR count). The van der Waals surface area contributed by atoms with Gasteiger partial charge in [-0.15, -0.1) is 0 Å². The van der Waals surface area contributed by atoms with Crippen LogP contribution in [0.15, 0.2) is 22.8 Å². The molecule has 0 radical (unpaired) electrons. The number of carbonyl (C=O) groups excluding carboxylic acids is 1. The third-order valence-electron chi connectivity index (χ3n) is 1.48. The Morgan fingerprint density at radius 1 is 1.64 bits per heavy atom. The minimum absolute atomic E-state index is 0.0428. The summed E-state index contributed by atoms with van der Waals surface area (Å²) in [6, 6.07) is 2.82. The fourth-order valence-corrected chi connectivity index (χ4v) is 0.760. The zero-order valence-corrected chi connectivity index (χ0v) is 7.17. The van der Waals surface area contributed by atoms with Crippen LogP contribution in [0.2, 0.25) is 0 Å². The second-order valence-electron chi connectivity index (χ2n) is 2.67. The number of amides is 1. The molecule has 1 heterocycles. The van der Waals surface area contributed by atoms with Crippen LogP contribution in [0.1, 0.15) is 10.6 Å². The summed E-state index contributed by atoms with van der Waals surface area (Å²) < 4.78 is 29.6. The fraction of sp³-hybridized carbons (Fsp3) is 0.375. The monoisotopic (exact) mass is 205 g/mol.